The molecule has 0 heterocycles. The van der Waals surface area contributed by atoms with Crippen LogP contribution in [0.15, 0.2) is 66.7 Å². The summed E-state index contributed by atoms with van der Waals surface area (Å²) in [5.74, 6) is 0.210. The quantitative estimate of drug-likeness (QED) is 0.0779. The van der Waals surface area contributed by atoms with Crippen LogP contribution in [0.1, 0.15) is 81.6 Å². The van der Waals surface area contributed by atoms with E-state index >= 15 is 0 Å². The van der Waals surface area contributed by atoms with Gasteiger partial charge < -0.3 is 14.2 Å². The molecule has 7 heteroatoms. The number of nitrogens with zero attached hydrogens (tertiary/aromatic N) is 1. The Morgan fingerprint density at radius 1 is 0.805 bits per heavy atom. The number of rotatable bonds is 15. The highest BCUT2D eigenvalue weighted by molar-refractivity contribution is 6.30. The van der Waals surface area contributed by atoms with Gasteiger partial charge in [-0.2, -0.15) is 5.26 Å². The molecule has 0 amide bonds. The SMILES string of the molecule is CCCCCCCCCOc1ccc(C(=O)Oc2ccc(-c3ccc(OC(=O)C(Cl)C(C)C)cc3)cc2)cc1C#N. The van der Waals surface area contributed by atoms with Crippen molar-refractivity contribution < 1.29 is 23.8 Å². The fourth-order valence-corrected chi connectivity index (χ4v) is 4.20. The van der Waals surface area contributed by atoms with Gasteiger partial charge in [0.1, 0.15) is 28.7 Å². The van der Waals surface area contributed by atoms with Crippen LogP contribution in [0.4, 0.5) is 0 Å². The number of hydrogen-bond donors (Lipinski definition) is 0. The van der Waals surface area contributed by atoms with Crippen molar-refractivity contribution in [1.82, 2.24) is 0 Å². The van der Waals surface area contributed by atoms with Crippen molar-refractivity contribution >= 4 is 23.5 Å². The number of unbranched alkanes of at least 4 members (excludes halogenated alkanes) is 6. The van der Waals surface area contributed by atoms with E-state index in [1.165, 1.54) is 38.2 Å². The van der Waals surface area contributed by atoms with Crippen molar-refractivity contribution in [2.24, 2.45) is 5.92 Å². The maximum absolute atomic E-state index is 12.7. The summed E-state index contributed by atoms with van der Waals surface area (Å²) in [5.41, 5.74) is 2.38. The molecule has 3 aromatic carbocycles. The molecular weight excluding hydrogens is 538 g/mol. The second-order valence-corrected chi connectivity index (χ2v) is 10.8. The first-order chi connectivity index (χ1) is 19.8. The number of halogens is 1. The maximum Gasteiger partial charge on any atom is 0.343 e. The van der Waals surface area contributed by atoms with E-state index in [1.54, 1.807) is 36.4 Å². The number of benzene rings is 3. The van der Waals surface area contributed by atoms with Crippen LogP contribution in [0.5, 0.6) is 17.2 Å². The van der Waals surface area contributed by atoms with Gasteiger partial charge in [-0.15, -0.1) is 11.6 Å². The standard InChI is InChI=1S/C34H38ClNO5/c1-4-5-6-7-8-9-10-21-39-31-20-15-27(22-28(31)23-36)33(37)40-29-16-11-25(12-17-29)26-13-18-30(19-14-26)41-34(38)32(35)24(2)3/h11-20,22,24,32H,4-10,21H2,1-3H3. The van der Waals surface area contributed by atoms with Crippen LogP contribution in [0.2, 0.25) is 0 Å². The molecule has 3 aromatic rings. The van der Waals surface area contributed by atoms with Gasteiger partial charge in [0.2, 0.25) is 0 Å². The zero-order chi connectivity index (χ0) is 29.6. The van der Waals surface area contributed by atoms with E-state index < -0.39 is 17.3 Å². The second-order valence-electron chi connectivity index (χ2n) is 10.3. The van der Waals surface area contributed by atoms with Gasteiger partial charge in [0.15, 0.2) is 0 Å². The van der Waals surface area contributed by atoms with Crippen molar-refractivity contribution in [3.63, 3.8) is 0 Å². The highest BCUT2D eigenvalue weighted by Gasteiger charge is 2.21. The zero-order valence-electron chi connectivity index (χ0n) is 24.0. The van der Waals surface area contributed by atoms with Crippen molar-refractivity contribution in [1.29, 1.82) is 5.26 Å². The first-order valence-electron chi connectivity index (χ1n) is 14.3. The molecule has 0 bridgehead atoms. The molecule has 0 aromatic heterocycles. The molecule has 0 fully saturated rings. The highest BCUT2D eigenvalue weighted by Crippen LogP contribution is 2.26. The lowest BCUT2D eigenvalue weighted by atomic mass is 10.1. The summed E-state index contributed by atoms with van der Waals surface area (Å²) in [6.07, 6.45) is 8.27. The third-order valence-corrected chi connectivity index (χ3v) is 7.30. The molecule has 41 heavy (non-hydrogen) atoms. The monoisotopic (exact) mass is 575 g/mol. The first-order valence-corrected chi connectivity index (χ1v) is 14.7. The molecule has 1 atom stereocenters. The number of carbonyl (C=O) groups is 2. The van der Waals surface area contributed by atoms with Gasteiger partial charge in [-0.3, -0.25) is 4.79 Å². The minimum Gasteiger partial charge on any atom is -0.492 e. The fourth-order valence-electron chi connectivity index (χ4n) is 4.15. The van der Waals surface area contributed by atoms with E-state index in [0.717, 1.165) is 24.0 Å². The Kier molecular flexibility index (Phi) is 12.7. The van der Waals surface area contributed by atoms with E-state index in [1.807, 2.05) is 38.1 Å². The summed E-state index contributed by atoms with van der Waals surface area (Å²) in [6, 6.07) is 21.0. The summed E-state index contributed by atoms with van der Waals surface area (Å²) in [4.78, 5) is 24.8. The van der Waals surface area contributed by atoms with Crippen LogP contribution in [-0.4, -0.2) is 23.9 Å². The third kappa shape index (κ3) is 9.95. The number of alkyl halides is 1. The average molecular weight is 576 g/mol. The number of esters is 2. The van der Waals surface area contributed by atoms with Crippen molar-refractivity contribution in [3.05, 3.63) is 77.9 Å². The van der Waals surface area contributed by atoms with Crippen LogP contribution in [-0.2, 0) is 4.79 Å². The average Bonchev–Trinajstić information content (AvgIpc) is 2.98. The largest absolute Gasteiger partial charge is 0.492 e. The van der Waals surface area contributed by atoms with Gasteiger partial charge in [-0.1, -0.05) is 83.6 Å². The molecule has 0 saturated carbocycles. The molecule has 0 aliphatic carbocycles. The second kappa shape index (κ2) is 16.4. The lowest BCUT2D eigenvalue weighted by molar-refractivity contribution is -0.134. The predicted molar refractivity (Wildman–Crippen MR) is 162 cm³/mol. The third-order valence-electron chi connectivity index (χ3n) is 6.62. The Morgan fingerprint density at radius 3 is 1.93 bits per heavy atom. The summed E-state index contributed by atoms with van der Waals surface area (Å²) in [7, 11) is 0. The van der Waals surface area contributed by atoms with Gasteiger partial charge in [-0.25, -0.2) is 4.79 Å². The Balaban J connectivity index is 1.52. The van der Waals surface area contributed by atoms with Gasteiger partial charge in [-0.05, 0) is 65.9 Å². The van der Waals surface area contributed by atoms with Crippen molar-refractivity contribution in [3.8, 4) is 34.4 Å². The zero-order valence-corrected chi connectivity index (χ0v) is 24.8. The molecule has 0 saturated heterocycles. The van der Waals surface area contributed by atoms with Gasteiger partial charge in [0.05, 0.1) is 17.7 Å². The number of carbonyl (C=O) groups excluding carboxylic acids is 2. The lowest BCUT2D eigenvalue weighted by Crippen LogP contribution is -2.25. The molecule has 0 aliphatic rings. The van der Waals surface area contributed by atoms with E-state index in [4.69, 9.17) is 25.8 Å². The Morgan fingerprint density at radius 2 is 1.37 bits per heavy atom. The lowest BCUT2D eigenvalue weighted by Gasteiger charge is -2.12. The Labute approximate surface area is 248 Å². The van der Waals surface area contributed by atoms with Gasteiger partial charge in [0.25, 0.3) is 0 Å². The van der Waals surface area contributed by atoms with Crippen LogP contribution < -0.4 is 14.2 Å². The maximum atomic E-state index is 12.7. The Bertz CT molecular complexity index is 1310. The minimum absolute atomic E-state index is 0.0256. The number of ether oxygens (including phenoxy) is 3. The van der Waals surface area contributed by atoms with E-state index in [2.05, 4.69) is 13.0 Å². The molecule has 0 spiro atoms. The molecular formula is C34H38ClNO5. The van der Waals surface area contributed by atoms with E-state index in [9.17, 15) is 14.9 Å². The minimum atomic E-state index is -0.706. The van der Waals surface area contributed by atoms with Crippen LogP contribution >= 0.6 is 11.6 Å². The normalized spacial score (nSPS) is 11.5. The molecule has 3 rings (SSSR count). The summed E-state index contributed by atoms with van der Waals surface area (Å²) >= 11 is 6.07. The molecule has 1 unspecified atom stereocenters. The molecule has 216 valence electrons. The van der Waals surface area contributed by atoms with Gasteiger partial charge >= 0.3 is 11.9 Å². The van der Waals surface area contributed by atoms with Crippen LogP contribution in [0.3, 0.4) is 0 Å². The first kappa shape index (κ1) is 31.7. The summed E-state index contributed by atoms with van der Waals surface area (Å²) in [5, 5.41) is 8.86. The predicted octanol–water partition coefficient (Wildman–Crippen LogP) is 8.74. The molecule has 0 N–H and O–H groups in total. The summed E-state index contributed by atoms with van der Waals surface area (Å²) in [6.45, 7) is 6.46. The van der Waals surface area contributed by atoms with Crippen LogP contribution in [0.25, 0.3) is 11.1 Å². The highest BCUT2D eigenvalue weighted by atomic mass is 35.5. The fraction of sp³-hybridized carbons (Fsp3) is 0.382. The number of hydrogen-bond acceptors (Lipinski definition) is 6. The van der Waals surface area contributed by atoms with Crippen LogP contribution in [0, 0.1) is 17.2 Å². The van der Waals surface area contributed by atoms with Crippen molar-refractivity contribution in [2.45, 2.75) is 71.1 Å². The smallest absolute Gasteiger partial charge is 0.343 e. The summed E-state index contributed by atoms with van der Waals surface area (Å²) < 4.78 is 16.7. The topological polar surface area (TPSA) is 85.6 Å². The Hall–Kier alpha value is -3.82. The number of nitriles is 1. The molecule has 0 aliphatic heterocycles. The van der Waals surface area contributed by atoms with E-state index in [0.29, 0.717) is 29.4 Å². The van der Waals surface area contributed by atoms with Crippen molar-refractivity contribution in [2.75, 3.05) is 6.61 Å². The van der Waals surface area contributed by atoms with E-state index in [-0.39, 0.29) is 11.5 Å². The van der Waals surface area contributed by atoms with Gasteiger partial charge in [0, 0.05) is 0 Å². The molecule has 0 radical (unpaired) electrons. The molecule has 6 nitrogen and oxygen atoms in total.